The van der Waals surface area contributed by atoms with E-state index in [1.807, 2.05) is 54.6 Å². The Morgan fingerprint density at radius 2 is 1.81 bits per heavy atom. The van der Waals surface area contributed by atoms with Gasteiger partial charge in [-0.3, -0.25) is 9.56 Å². The Morgan fingerprint density at radius 1 is 1.15 bits per heavy atom. The number of rotatable bonds is 6. The van der Waals surface area contributed by atoms with Gasteiger partial charge in [0.2, 0.25) is 5.84 Å². The van der Waals surface area contributed by atoms with Gasteiger partial charge in [-0.1, -0.05) is 42.5 Å². The lowest BCUT2D eigenvalue weighted by Crippen LogP contribution is -2.54. The fourth-order valence-electron chi connectivity index (χ4n) is 3.37. The minimum absolute atomic E-state index is 0.0866. The lowest BCUT2D eigenvalue weighted by molar-refractivity contribution is -0.135. The lowest BCUT2D eigenvalue weighted by Gasteiger charge is -2.44. The van der Waals surface area contributed by atoms with Crippen molar-refractivity contribution in [2.75, 3.05) is 25.7 Å². The molecule has 7 nitrogen and oxygen atoms in total. The third kappa shape index (κ3) is 3.63. The van der Waals surface area contributed by atoms with E-state index < -0.39 is 19.3 Å². The number of hydrogen-bond acceptors (Lipinski definition) is 7. The second-order valence-corrected chi connectivity index (χ2v) is 8.37. The average Bonchev–Trinajstić information content (AvgIpc) is 2.72. The van der Waals surface area contributed by atoms with E-state index in [0.717, 1.165) is 0 Å². The molecule has 0 amide bonds. The van der Waals surface area contributed by atoms with E-state index in [1.165, 1.54) is 14.2 Å². The quantitative estimate of drug-likeness (QED) is 0.547. The number of aliphatic imine (C=N–C) groups is 1. The van der Waals surface area contributed by atoms with Crippen molar-refractivity contribution >= 4 is 25.1 Å². The molecule has 0 radical (unpaired) electrons. The largest absolute Gasteiger partial charge is 0.460 e. The first-order valence-electron chi connectivity index (χ1n) is 8.71. The van der Waals surface area contributed by atoms with Gasteiger partial charge in [-0.15, -0.1) is 0 Å². The molecule has 0 N–H and O–H groups in total. The Labute approximate surface area is 158 Å². The SMILES string of the molecule is CCOC(=O)C1=NC2C=CC=CC2C(P(=O)(OC)OC)N1c1ccccc1. The van der Waals surface area contributed by atoms with Gasteiger partial charge in [0, 0.05) is 25.8 Å². The molecule has 27 heavy (non-hydrogen) atoms. The molecule has 8 heteroatoms. The van der Waals surface area contributed by atoms with Gasteiger partial charge < -0.3 is 18.7 Å². The maximum absolute atomic E-state index is 13.5. The summed E-state index contributed by atoms with van der Waals surface area (Å²) in [6, 6.07) is 8.81. The average molecular weight is 390 g/mol. The zero-order valence-corrected chi connectivity index (χ0v) is 16.4. The zero-order chi connectivity index (χ0) is 19.4. The molecule has 1 aliphatic carbocycles. The van der Waals surface area contributed by atoms with Crippen molar-refractivity contribution in [3.05, 3.63) is 54.6 Å². The Morgan fingerprint density at radius 3 is 2.44 bits per heavy atom. The van der Waals surface area contributed by atoms with Gasteiger partial charge in [0.05, 0.1) is 12.6 Å². The summed E-state index contributed by atoms with van der Waals surface area (Å²) in [6.45, 7) is 1.94. The van der Waals surface area contributed by atoms with Crippen LogP contribution in [0, 0.1) is 5.92 Å². The third-order valence-electron chi connectivity index (χ3n) is 4.58. The number of ether oxygens (including phenoxy) is 1. The number of esters is 1. The molecule has 3 rings (SSSR count). The second-order valence-electron chi connectivity index (χ2n) is 6.04. The molecule has 1 aliphatic heterocycles. The lowest BCUT2D eigenvalue weighted by atomic mass is 9.92. The van der Waals surface area contributed by atoms with E-state index >= 15 is 0 Å². The Bertz CT molecular complexity index is 813. The van der Waals surface area contributed by atoms with Crippen molar-refractivity contribution in [1.82, 2.24) is 0 Å². The highest BCUT2D eigenvalue weighted by Crippen LogP contribution is 2.58. The molecule has 3 atom stereocenters. The zero-order valence-electron chi connectivity index (χ0n) is 15.5. The molecule has 0 aromatic heterocycles. The van der Waals surface area contributed by atoms with E-state index in [1.54, 1.807) is 11.8 Å². The minimum atomic E-state index is -3.61. The van der Waals surface area contributed by atoms with E-state index in [9.17, 15) is 9.36 Å². The predicted octanol–water partition coefficient (Wildman–Crippen LogP) is 3.39. The molecule has 2 aliphatic rings. The highest BCUT2D eigenvalue weighted by atomic mass is 31.2. The summed E-state index contributed by atoms with van der Waals surface area (Å²) in [5.41, 5.74) is 0.657. The maximum Gasteiger partial charge on any atom is 0.374 e. The van der Waals surface area contributed by atoms with E-state index in [-0.39, 0.29) is 24.4 Å². The number of allylic oxidation sites excluding steroid dienone is 2. The predicted molar refractivity (Wildman–Crippen MR) is 104 cm³/mol. The normalized spacial score (nSPS) is 24.3. The molecule has 3 unspecified atom stereocenters. The van der Waals surface area contributed by atoms with Gasteiger partial charge in [0.25, 0.3) is 0 Å². The molecule has 0 saturated heterocycles. The maximum atomic E-state index is 13.5. The van der Waals surface area contributed by atoms with Gasteiger partial charge >= 0.3 is 13.6 Å². The molecule has 1 aromatic carbocycles. The summed E-state index contributed by atoms with van der Waals surface area (Å²) in [5.74, 6) is -1.55. The third-order valence-corrected chi connectivity index (χ3v) is 6.82. The van der Waals surface area contributed by atoms with Crippen molar-refractivity contribution in [1.29, 1.82) is 0 Å². The van der Waals surface area contributed by atoms with Crippen LogP contribution in [0.5, 0.6) is 0 Å². The highest BCUT2D eigenvalue weighted by Gasteiger charge is 2.51. The Kier molecular flexibility index (Phi) is 5.95. The number of benzene rings is 1. The highest BCUT2D eigenvalue weighted by molar-refractivity contribution is 7.54. The fourth-order valence-corrected chi connectivity index (χ4v) is 5.18. The molecular weight excluding hydrogens is 367 g/mol. The van der Waals surface area contributed by atoms with Crippen LogP contribution in [-0.4, -0.2) is 44.5 Å². The number of para-hydroxylation sites is 1. The number of hydrogen-bond donors (Lipinski definition) is 0. The number of carbonyl (C=O) groups excluding carboxylic acids is 1. The first-order valence-corrected chi connectivity index (χ1v) is 10.3. The first kappa shape index (κ1) is 19.5. The standard InChI is InChI=1S/C19H23N2O5P/c1-4-26-19(22)17-20-16-13-9-8-12-15(16)18(27(23,24-2)25-3)21(17)14-10-6-5-7-11-14/h5-13,15-16,18H,4H2,1-3H3. The fraction of sp³-hybridized carbons (Fsp3) is 0.368. The Balaban J connectivity index is 2.21. The van der Waals surface area contributed by atoms with Crippen molar-refractivity contribution in [2.24, 2.45) is 10.9 Å². The summed E-state index contributed by atoms with van der Waals surface area (Å²) in [6.07, 6.45) is 7.52. The van der Waals surface area contributed by atoms with Crippen LogP contribution in [0.3, 0.4) is 0 Å². The Hall–Kier alpha value is -2.21. The topological polar surface area (TPSA) is 77.4 Å². The van der Waals surface area contributed by atoms with Crippen LogP contribution in [0.1, 0.15) is 6.92 Å². The molecule has 144 valence electrons. The van der Waals surface area contributed by atoms with Crippen LogP contribution in [0.4, 0.5) is 5.69 Å². The minimum Gasteiger partial charge on any atom is -0.460 e. The van der Waals surface area contributed by atoms with Crippen molar-refractivity contribution in [2.45, 2.75) is 18.7 Å². The first-order chi connectivity index (χ1) is 13.1. The van der Waals surface area contributed by atoms with Crippen molar-refractivity contribution in [3.8, 4) is 0 Å². The van der Waals surface area contributed by atoms with E-state index in [2.05, 4.69) is 4.99 Å². The van der Waals surface area contributed by atoms with Gasteiger partial charge in [-0.25, -0.2) is 4.79 Å². The second kappa shape index (κ2) is 8.21. The number of carbonyl (C=O) groups is 1. The molecule has 1 heterocycles. The number of fused-ring (bicyclic) bond motifs is 1. The van der Waals surface area contributed by atoms with Gasteiger partial charge in [-0.05, 0) is 19.1 Å². The molecule has 1 aromatic rings. The smallest absolute Gasteiger partial charge is 0.374 e. The van der Waals surface area contributed by atoms with Crippen molar-refractivity contribution in [3.63, 3.8) is 0 Å². The van der Waals surface area contributed by atoms with Crippen LogP contribution in [0.2, 0.25) is 0 Å². The van der Waals surface area contributed by atoms with E-state index in [0.29, 0.717) is 5.69 Å². The number of nitrogens with zero attached hydrogens (tertiary/aromatic N) is 2. The summed E-state index contributed by atoms with van der Waals surface area (Å²) >= 11 is 0. The van der Waals surface area contributed by atoms with Gasteiger partial charge in [0.15, 0.2) is 0 Å². The summed E-state index contributed by atoms with van der Waals surface area (Å²) < 4.78 is 29.4. The molecule has 0 saturated carbocycles. The number of amidine groups is 1. The summed E-state index contributed by atoms with van der Waals surface area (Å²) in [5, 5.41) is 0. The van der Waals surface area contributed by atoms with Crippen LogP contribution >= 0.6 is 7.60 Å². The van der Waals surface area contributed by atoms with Gasteiger partial charge in [-0.2, -0.15) is 0 Å². The van der Waals surface area contributed by atoms with Crippen LogP contribution < -0.4 is 4.90 Å². The monoisotopic (exact) mass is 390 g/mol. The van der Waals surface area contributed by atoms with Crippen LogP contribution in [0.15, 0.2) is 59.6 Å². The molecule has 0 spiro atoms. The number of anilines is 1. The molecular formula is C19H23N2O5P. The van der Waals surface area contributed by atoms with Crippen LogP contribution in [0.25, 0.3) is 0 Å². The molecule has 0 fully saturated rings. The van der Waals surface area contributed by atoms with E-state index in [4.69, 9.17) is 13.8 Å². The van der Waals surface area contributed by atoms with Crippen LogP contribution in [-0.2, 0) is 23.1 Å². The van der Waals surface area contributed by atoms with Crippen molar-refractivity contribution < 1.29 is 23.1 Å². The molecule has 0 bridgehead atoms. The van der Waals surface area contributed by atoms with Gasteiger partial charge in [0.1, 0.15) is 5.78 Å². The summed E-state index contributed by atoms with van der Waals surface area (Å²) in [4.78, 5) is 18.9. The summed E-state index contributed by atoms with van der Waals surface area (Å²) in [7, 11) is -0.916.